The lowest BCUT2D eigenvalue weighted by Crippen LogP contribution is -2.40. The van der Waals surface area contributed by atoms with Crippen molar-refractivity contribution >= 4 is 17.7 Å². The van der Waals surface area contributed by atoms with Crippen molar-refractivity contribution in [3.63, 3.8) is 0 Å². The highest BCUT2D eigenvalue weighted by molar-refractivity contribution is 7.98. The van der Waals surface area contributed by atoms with Gasteiger partial charge in [0.15, 0.2) is 0 Å². The van der Waals surface area contributed by atoms with Crippen molar-refractivity contribution in [2.45, 2.75) is 36.6 Å². The normalized spacial score (nSPS) is 17.5. The first-order chi connectivity index (χ1) is 13.1. The van der Waals surface area contributed by atoms with Gasteiger partial charge in [-0.25, -0.2) is 4.98 Å². The van der Waals surface area contributed by atoms with E-state index >= 15 is 0 Å². The van der Waals surface area contributed by atoms with Crippen LogP contribution in [0.15, 0.2) is 41.6 Å². The number of carbonyl (C=O) groups excluding carboxylic acids is 1. The molecular weight excluding hydrogens is 356 g/mol. The van der Waals surface area contributed by atoms with E-state index in [0.29, 0.717) is 12.3 Å². The number of hydrogen-bond donors (Lipinski definition) is 0. The van der Waals surface area contributed by atoms with Crippen molar-refractivity contribution in [2.75, 3.05) is 40.0 Å². The molecule has 1 aliphatic rings. The third-order valence-corrected chi connectivity index (χ3v) is 5.93. The SMILES string of the molecule is CSc1ccc(CC(=O)N2CCCC(c3nccn3CCN(C)C)C2)cc1. The minimum absolute atomic E-state index is 0.225. The number of amides is 1. The van der Waals surface area contributed by atoms with Crippen LogP contribution in [0.1, 0.15) is 30.1 Å². The summed E-state index contributed by atoms with van der Waals surface area (Å²) in [6.07, 6.45) is 8.65. The average molecular weight is 387 g/mol. The van der Waals surface area contributed by atoms with Crippen LogP contribution in [0.25, 0.3) is 0 Å². The van der Waals surface area contributed by atoms with Crippen molar-refractivity contribution in [3.05, 3.63) is 48.0 Å². The molecule has 1 amide bonds. The summed E-state index contributed by atoms with van der Waals surface area (Å²) in [5, 5.41) is 0. The largest absolute Gasteiger partial charge is 0.342 e. The van der Waals surface area contributed by atoms with Gasteiger partial charge in [-0.1, -0.05) is 12.1 Å². The first kappa shape index (κ1) is 20.0. The van der Waals surface area contributed by atoms with E-state index in [1.807, 2.05) is 11.1 Å². The second kappa shape index (κ2) is 9.42. The zero-order valence-corrected chi connectivity index (χ0v) is 17.4. The van der Waals surface area contributed by atoms with Crippen LogP contribution in [0.2, 0.25) is 0 Å². The molecule has 1 saturated heterocycles. The molecule has 1 aromatic carbocycles. The highest BCUT2D eigenvalue weighted by Crippen LogP contribution is 2.26. The molecule has 0 saturated carbocycles. The Bertz CT molecular complexity index is 741. The molecule has 1 atom stereocenters. The van der Waals surface area contributed by atoms with E-state index < -0.39 is 0 Å². The van der Waals surface area contributed by atoms with Crippen molar-refractivity contribution in [2.24, 2.45) is 0 Å². The van der Waals surface area contributed by atoms with E-state index in [2.05, 4.69) is 65.3 Å². The number of carbonyl (C=O) groups is 1. The molecule has 0 aliphatic carbocycles. The van der Waals surface area contributed by atoms with Gasteiger partial charge < -0.3 is 14.4 Å². The van der Waals surface area contributed by atoms with Gasteiger partial charge in [0.25, 0.3) is 0 Å². The summed E-state index contributed by atoms with van der Waals surface area (Å²) in [5.74, 6) is 1.68. The first-order valence-corrected chi connectivity index (χ1v) is 10.9. The number of imidazole rings is 1. The molecule has 0 radical (unpaired) electrons. The number of benzene rings is 1. The molecule has 5 nitrogen and oxygen atoms in total. The summed E-state index contributed by atoms with van der Waals surface area (Å²) in [4.78, 5) is 22.9. The van der Waals surface area contributed by atoms with Gasteiger partial charge in [-0.3, -0.25) is 4.79 Å². The third kappa shape index (κ3) is 5.36. The molecule has 6 heteroatoms. The fourth-order valence-electron chi connectivity index (χ4n) is 3.62. The minimum atomic E-state index is 0.225. The van der Waals surface area contributed by atoms with Gasteiger partial charge in [0.2, 0.25) is 5.91 Å². The minimum Gasteiger partial charge on any atom is -0.342 e. The topological polar surface area (TPSA) is 41.4 Å². The number of piperidine rings is 1. The van der Waals surface area contributed by atoms with Crippen LogP contribution in [0.5, 0.6) is 0 Å². The number of hydrogen-bond acceptors (Lipinski definition) is 4. The van der Waals surface area contributed by atoms with Crippen LogP contribution < -0.4 is 0 Å². The highest BCUT2D eigenvalue weighted by Gasteiger charge is 2.27. The van der Waals surface area contributed by atoms with Gasteiger partial charge in [-0.05, 0) is 50.9 Å². The van der Waals surface area contributed by atoms with Gasteiger partial charge in [0.1, 0.15) is 5.82 Å². The second-order valence-corrected chi connectivity index (χ2v) is 8.37. The maximum atomic E-state index is 12.8. The molecule has 2 aromatic rings. The summed E-state index contributed by atoms with van der Waals surface area (Å²) >= 11 is 1.72. The van der Waals surface area contributed by atoms with E-state index in [1.165, 1.54) is 4.90 Å². The fraction of sp³-hybridized carbons (Fsp3) is 0.524. The average Bonchev–Trinajstić information content (AvgIpc) is 3.15. The summed E-state index contributed by atoms with van der Waals surface area (Å²) < 4.78 is 2.25. The Hall–Kier alpha value is -1.79. The molecule has 27 heavy (non-hydrogen) atoms. The van der Waals surface area contributed by atoms with Gasteiger partial charge in [-0.2, -0.15) is 0 Å². The molecule has 3 rings (SSSR count). The Balaban J connectivity index is 1.62. The Morgan fingerprint density at radius 3 is 2.78 bits per heavy atom. The number of likely N-dealkylation sites (N-methyl/N-ethyl adjacent to an activating group) is 1. The Morgan fingerprint density at radius 1 is 1.30 bits per heavy atom. The smallest absolute Gasteiger partial charge is 0.227 e. The molecule has 1 unspecified atom stereocenters. The zero-order valence-electron chi connectivity index (χ0n) is 16.6. The summed E-state index contributed by atoms with van der Waals surface area (Å²) in [5.41, 5.74) is 1.09. The Morgan fingerprint density at radius 2 is 2.07 bits per heavy atom. The summed E-state index contributed by atoms with van der Waals surface area (Å²) in [6, 6.07) is 8.32. The number of thioether (sulfide) groups is 1. The molecule has 146 valence electrons. The lowest BCUT2D eigenvalue weighted by molar-refractivity contribution is -0.131. The van der Waals surface area contributed by atoms with E-state index in [0.717, 1.165) is 50.4 Å². The highest BCUT2D eigenvalue weighted by atomic mass is 32.2. The van der Waals surface area contributed by atoms with E-state index in [1.54, 1.807) is 11.8 Å². The summed E-state index contributed by atoms with van der Waals surface area (Å²) in [6.45, 7) is 3.57. The van der Waals surface area contributed by atoms with Crippen molar-refractivity contribution in [1.82, 2.24) is 19.4 Å². The molecule has 1 fully saturated rings. The first-order valence-electron chi connectivity index (χ1n) is 9.63. The maximum absolute atomic E-state index is 12.8. The van der Waals surface area contributed by atoms with Gasteiger partial charge in [-0.15, -0.1) is 11.8 Å². The number of aromatic nitrogens is 2. The molecule has 1 aliphatic heterocycles. The van der Waals surface area contributed by atoms with E-state index in [-0.39, 0.29) is 5.91 Å². The monoisotopic (exact) mass is 386 g/mol. The van der Waals surface area contributed by atoms with Crippen LogP contribution >= 0.6 is 11.8 Å². The van der Waals surface area contributed by atoms with Crippen LogP contribution in [0.4, 0.5) is 0 Å². The summed E-state index contributed by atoms with van der Waals surface area (Å²) in [7, 11) is 4.17. The molecule has 0 N–H and O–H groups in total. The predicted octanol–water partition coefficient (Wildman–Crippen LogP) is 3.12. The number of nitrogens with zero attached hydrogens (tertiary/aromatic N) is 4. The van der Waals surface area contributed by atoms with Crippen LogP contribution in [0.3, 0.4) is 0 Å². The second-order valence-electron chi connectivity index (χ2n) is 7.49. The zero-order chi connectivity index (χ0) is 19.2. The lowest BCUT2D eigenvalue weighted by Gasteiger charge is -2.33. The van der Waals surface area contributed by atoms with Gasteiger partial charge in [0.05, 0.1) is 6.42 Å². The van der Waals surface area contributed by atoms with Crippen molar-refractivity contribution in [3.8, 4) is 0 Å². The van der Waals surface area contributed by atoms with Gasteiger partial charge in [0, 0.05) is 49.4 Å². The molecule has 1 aromatic heterocycles. The van der Waals surface area contributed by atoms with Crippen molar-refractivity contribution in [1.29, 1.82) is 0 Å². The fourth-order valence-corrected chi connectivity index (χ4v) is 4.03. The van der Waals surface area contributed by atoms with Crippen LogP contribution in [-0.4, -0.2) is 65.2 Å². The quantitative estimate of drug-likeness (QED) is 0.686. The Kier molecular flexibility index (Phi) is 6.96. The Labute approximate surface area is 166 Å². The van der Waals surface area contributed by atoms with Crippen LogP contribution in [-0.2, 0) is 17.8 Å². The molecule has 2 heterocycles. The van der Waals surface area contributed by atoms with E-state index in [4.69, 9.17) is 0 Å². The van der Waals surface area contributed by atoms with E-state index in [9.17, 15) is 4.79 Å². The molecular formula is C21H30N4OS. The molecule has 0 bridgehead atoms. The van der Waals surface area contributed by atoms with Crippen LogP contribution in [0, 0.1) is 0 Å². The van der Waals surface area contributed by atoms with Crippen molar-refractivity contribution < 1.29 is 4.79 Å². The predicted molar refractivity (Wildman–Crippen MR) is 111 cm³/mol. The third-order valence-electron chi connectivity index (χ3n) is 5.19. The maximum Gasteiger partial charge on any atom is 0.227 e. The number of rotatable bonds is 7. The number of likely N-dealkylation sites (tertiary alicyclic amines) is 1. The lowest BCUT2D eigenvalue weighted by atomic mass is 9.96. The standard InChI is InChI=1S/C21H30N4OS/c1-23(2)13-14-24-12-10-22-21(24)18-5-4-11-25(16-18)20(26)15-17-6-8-19(27-3)9-7-17/h6-10,12,18H,4-5,11,13-16H2,1-3H3. The molecule has 0 spiro atoms. The van der Waals surface area contributed by atoms with Gasteiger partial charge >= 0.3 is 0 Å².